The third-order valence-electron chi connectivity index (χ3n) is 3.95. The maximum absolute atomic E-state index is 12.6. The van der Waals surface area contributed by atoms with E-state index in [-0.39, 0.29) is 5.91 Å². The average Bonchev–Trinajstić information content (AvgIpc) is 2.66. The second-order valence-electron chi connectivity index (χ2n) is 5.80. The number of hydrogen-bond donors (Lipinski definition) is 1. The molecule has 3 aromatic rings. The molecule has 0 bridgehead atoms. The molecular weight excluding hydrogens is 387 g/mol. The molecule has 1 aromatic heterocycles. The number of anilines is 1. The van der Waals surface area contributed by atoms with Crippen LogP contribution < -0.4 is 11.0 Å². The van der Waals surface area contributed by atoms with E-state index in [1.807, 2.05) is 0 Å². The topological polar surface area (TPSA) is 76.9 Å². The molecule has 0 unspecified atom stereocenters. The lowest BCUT2D eigenvalue weighted by Gasteiger charge is -2.16. The summed E-state index contributed by atoms with van der Waals surface area (Å²) >= 11 is 11.7. The van der Waals surface area contributed by atoms with E-state index in [9.17, 15) is 9.59 Å². The Labute approximate surface area is 165 Å². The van der Waals surface area contributed by atoms with Crippen molar-refractivity contribution in [3.05, 3.63) is 75.3 Å². The number of carbonyl (C=O) groups is 1. The van der Waals surface area contributed by atoms with Crippen molar-refractivity contribution in [2.24, 2.45) is 0 Å². The van der Waals surface area contributed by atoms with Gasteiger partial charge in [-0.25, -0.2) is 9.48 Å². The Bertz CT molecular complexity index is 1000. The van der Waals surface area contributed by atoms with Gasteiger partial charge in [-0.3, -0.25) is 4.79 Å². The lowest BCUT2D eigenvalue weighted by Crippen LogP contribution is -2.36. The van der Waals surface area contributed by atoms with Gasteiger partial charge in [0, 0.05) is 21.3 Å². The van der Waals surface area contributed by atoms with Crippen LogP contribution in [0.3, 0.4) is 0 Å². The second kappa shape index (κ2) is 8.33. The first-order valence-corrected chi connectivity index (χ1v) is 9.01. The molecular formula is C19H16Cl2N4O2. The van der Waals surface area contributed by atoms with Gasteiger partial charge in [0.1, 0.15) is 6.04 Å². The fourth-order valence-electron chi connectivity index (χ4n) is 2.55. The summed E-state index contributed by atoms with van der Waals surface area (Å²) in [6.45, 7) is 1.80. The minimum absolute atomic E-state index is 0.351. The lowest BCUT2D eigenvalue weighted by atomic mass is 10.2. The zero-order chi connectivity index (χ0) is 19.4. The van der Waals surface area contributed by atoms with E-state index < -0.39 is 11.7 Å². The smallest absolute Gasteiger partial charge is 0.324 e. The molecule has 1 amide bonds. The highest BCUT2D eigenvalue weighted by molar-refractivity contribution is 6.30. The largest absolute Gasteiger partial charge is 0.365 e. The Morgan fingerprint density at radius 3 is 2.22 bits per heavy atom. The zero-order valence-corrected chi connectivity index (χ0v) is 15.9. The summed E-state index contributed by atoms with van der Waals surface area (Å²) in [7, 11) is 0. The minimum Gasteiger partial charge on any atom is -0.324 e. The van der Waals surface area contributed by atoms with Crippen molar-refractivity contribution >= 4 is 34.8 Å². The van der Waals surface area contributed by atoms with Crippen LogP contribution in [-0.4, -0.2) is 20.7 Å². The highest BCUT2D eigenvalue weighted by Crippen LogP contribution is 2.19. The molecule has 0 saturated carbocycles. The first-order chi connectivity index (χ1) is 13.0. The summed E-state index contributed by atoms with van der Waals surface area (Å²) in [4.78, 5) is 29.1. The van der Waals surface area contributed by atoms with E-state index in [1.165, 1.54) is 6.20 Å². The van der Waals surface area contributed by atoms with Crippen molar-refractivity contribution in [1.82, 2.24) is 14.8 Å². The molecule has 0 fully saturated rings. The SMILES string of the molecule is CC[C@H](C(=O)Nc1ccc(Cl)cc1)n1ncc(-c2ccc(Cl)cc2)nc1=O. The predicted molar refractivity (Wildman–Crippen MR) is 106 cm³/mol. The van der Waals surface area contributed by atoms with E-state index in [0.29, 0.717) is 27.8 Å². The van der Waals surface area contributed by atoms with E-state index in [4.69, 9.17) is 23.2 Å². The Balaban J connectivity index is 1.84. The molecule has 1 N–H and O–H groups in total. The normalized spacial score (nSPS) is 11.8. The summed E-state index contributed by atoms with van der Waals surface area (Å²) in [6, 6.07) is 12.9. The van der Waals surface area contributed by atoms with Crippen LogP contribution in [0.5, 0.6) is 0 Å². The van der Waals surface area contributed by atoms with Gasteiger partial charge in [-0.05, 0) is 42.8 Å². The van der Waals surface area contributed by atoms with Crippen molar-refractivity contribution < 1.29 is 4.79 Å². The molecule has 0 aliphatic carbocycles. The Kier molecular flexibility index (Phi) is 5.88. The fraction of sp³-hybridized carbons (Fsp3) is 0.158. The third-order valence-corrected chi connectivity index (χ3v) is 4.46. The van der Waals surface area contributed by atoms with Gasteiger partial charge in [0.25, 0.3) is 0 Å². The summed E-state index contributed by atoms with van der Waals surface area (Å²) in [5.41, 5.74) is 1.12. The van der Waals surface area contributed by atoms with Crippen molar-refractivity contribution in [1.29, 1.82) is 0 Å². The van der Waals surface area contributed by atoms with Crippen LogP contribution in [-0.2, 0) is 4.79 Å². The number of nitrogens with one attached hydrogen (secondary N) is 1. The molecule has 0 spiro atoms. The minimum atomic E-state index is -0.778. The predicted octanol–water partition coefficient (Wildman–Crippen LogP) is 4.20. The molecule has 3 rings (SSSR count). The van der Waals surface area contributed by atoms with Crippen LogP contribution in [0.4, 0.5) is 5.69 Å². The number of hydrogen-bond acceptors (Lipinski definition) is 4. The zero-order valence-electron chi connectivity index (χ0n) is 14.4. The van der Waals surface area contributed by atoms with Crippen LogP contribution in [0.15, 0.2) is 59.5 Å². The molecule has 0 aliphatic rings. The van der Waals surface area contributed by atoms with Crippen molar-refractivity contribution in [3.63, 3.8) is 0 Å². The first-order valence-electron chi connectivity index (χ1n) is 8.26. The summed E-state index contributed by atoms with van der Waals surface area (Å²) in [6.07, 6.45) is 1.84. The van der Waals surface area contributed by atoms with Gasteiger partial charge in [0.05, 0.1) is 11.9 Å². The third kappa shape index (κ3) is 4.53. The molecule has 1 atom stereocenters. The van der Waals surface area contributed by atoms with E-state index >= 15 is 0 Å². The summed E-state index contributed by atoms with van der Waals surface area (Å²) in [5.74, 6) is -0.351. The van der Waals surface area contributed by atoms with Crippen LogP contribution in [0.25, 0.3) is 11.3 Å². The number of benzene rings is 2. The van der Waals surface area contributed by atoms with Gasteiger partial charge in [-0.1, -0.05) is 42.3 Å². The molecule has 1 heterocycles. The van der Waals surface area contributed by atoms with Crippen LogP contribution in [0.2, 0.25) is 10.0 Å². The lowest BCUT2D eigenvalue weighted by molar-refractivity contribution is -0.119. The number of amides is 1. The molecule has 0 aliphatic heterocycles. The van der Waals surface area contributed by atoms with Gasteiger partial charge < -0.3 is 5.32 Å². The Morgan fingerprint density at radius 1 is 1.07 bits per heavy atom. The van der Waals surface area contributed by atoms with Crippen LogP contribution >= 0.6 is 23.2 Å². The summed E-state index contributed by atoms with van der Waals surface area (Å²) < 4.78 is 1.09. The average molecular weight is 403 g/mol. The molecule has 8 heteroatoms. The van der Waals surface area contributed by atoms with E-state index in [0.717, 1.165) is 10.2 Å². The van der Waals surface area contributed by atoms with Gasteiger partial charge in [-0.2, -0.15) is 10.1 Å². The Hall–Kier alpha value is -2.70. The van der Waals surface area contributed by atoms with E-state index in [2.05, 4.69) is 15.4 Å². The second-order valence-corrected chi connectivity index (χ2v) is 6.67. The number of halogens is 2. The van der Waals surface area contributed by atoms with Gasteiger partial charge in [0.2, 0.25) is 5.91 Å². The number of carbonyl (C=O) groups excluding carboxylic acids is 1. The Morgan fingerprint density at radius 2 is 1.67 bits per heavy atom. The number of aromatic nitrogens is 3. The quantitative estimate of drug-likeness (QED) is 0.693. The fourth-order valence-corrected chi connectivity index (χ4v) is 2.80. The van der Waals surface area contributed by atoms with Gasteiger partial charge >= 0.3 is 5.69 Å². The van der Waals surface area contributed by atoms with Crippen molar-refractivity contribution in [3.8, 4) is 11.3 Å². The number of nitrogens with zero attached hydrogens (tertiary/aromatic N) is 3. The maximum atomic E-state index is 12.6. The monoisotopic (exact) mass is 402 g/mol. The molecule has 27 heavy (non-hydrogen) atoms. The number of rotatable bonds is 5. The first kappa shape index (κ1) is 19.1. The van der Waals surface area contributed by atoms with Crippen LogP contribution in [0.1, 0.15) is 19.4 Å². The highest BCUT2D eigenvalue weighted by atomic mass is 35.5. The van der Waals surface area contributed by atoms with Crippen molar-refractivity contribution in [2.75, 3.05) is 5.32 Å². The maximum Gasteiger partial charge on any atom is 0.365 e. The molecule has 0 saturated heterocycles. The molecule has 0 radical (unpaired) electrons. The van der Waals surface area contributed by atoms with E-state index in [1.54, 1.807) is 55.5 Å². The molecule has 138 valence electrons. The molecule has 6 nitrogen and oxygen atoms in total. The summed E-state index contributed by atoms with van der Waals surface area (Å²) in [5, 5.41) is 8.07. The van der Waals surface area contributed by atoms with Gasteiger partial charge in [0.15, 0.2) is 0 Å². The standard InChI is InChI=1S/C19H16Cl2N4O2/c1-2-17(18(26)23-15-9-7-14(21)8-10-15)25-19(27)24-16(11-22-25)12-3-5-13(20)6-4-12/h3-11,17H,2H2,1H3,(H,23,26)/t17-/m1/s1. The van der Waals surface area contributed by atoms with Crippen molar-refractivity contribution in [2.45, 2.75) is 19.4 Å². The molecule has 2 aromatic carbocycles. The highest BCUT2D eigenvalue weighted by Gasteiger charge is 2.22. The van der Waals surface area contributed by atoms with Crippen LogP contribution in [0, 0.1) is 0 Å². The van der Waals surface area contributed by atoms with Gasteiger partial charge in [-0.15, -0.1) is 0 Å².